The second-order valence-electron chi connectivity index (χ2n) is 19.5. The van der Waals surface area contributed by atoms with Crippen LogP contribution in [0.2, 0.25) is 0 Å². The van der Waals surface area contributed by atoms with Gasteiger partial charge in [0.05, 0.1) is 17.3 Å². The van der Waals surface area contributed by atoms with Crippen LogP contribution in [0.3, 0.4) is 0 Å². The molecule has 0 N–H and O–H groups in total. The molecule has 4 aliphatic rings. The number of carbonyl (C=O) groups is 1. The fraction of sp³-hybridized carbons (Fsp3) is 0.566. The van der Waals surface area contributed by atoms with E-state index in [1.54, 1.807) is 28.5 Å². The maximum atomic E-state index is 13.5. The summed E-state index contributed by atoms with van der Waals surface area (Å²) in [6.07, 6.45) is 11.2. The number of esters is 1. The molecule has 0 amide bonds. The number of aryl methyl sites for hydroxylation is 2. The van der Waals surface area contributed by atoms with Crippen molar-refractivity contribution in [1.29, 1.82) is 0 Å². The highest BCUT2D eigenvalue weighted by Gasteiger charge is 2.30. The molecule has 10 rings (SSSR count). The van der Waals surface area contributed by atoms with Gasteiger partial charge in [-0.2, -0.15) is 0 Å². The van der Waals surface area contributed by atoms with E-state index < -0.39 is 0 Å². The van der Waals surface area contributed by atoms with Crippen LogP contribution in [0.25, 0.3) is 21.9 Å². The van der Waals surface area contributed by atoms with Crippen LogP contribution in [0.4, 0.5) is 8.78 Å². The summed E-state index contributed by atoms with van der Waals surface area (Å²) in [5.74, 6) is 1.67. The van der Waals surface area contributed by atoms with Gasteiger partial charge in [-0.3, -0.25) is 23.5 Å². The van der Waals surface area contributed by atoms with E-state index >= 15 is 0 Å². The maximum absolute atomic E-state index is 13.5. The Balaban J connectivity index is 0.000000179. The number of likely N-dealkylation sites (tertiary alicyclic amines) is 2. The van der Waals surface area contributed by atoms with E-state index in [9.17, 15) is 23.2 Å². The van der Waals surface area contributed by atoms with Crippen LogP contribution >= 0.6 is 11.8 Å². The first kappa shape index (κ1) is 51.6. The summed E-state index contributed by atoms with van der Waals surface area (Å²) in [6, 6.07) is 9.19. The van der Waals surface area contributed by atoms with Gasteiger partial charge in [0, 0.05) is 89.9 Å². The lowest BCUT2D eigenvalue weighted by Gasteiger charge is -2.31. The van der Waals surface area contributed by atoms with E-state index in [0.29, 0.717) is 61.2 Å². The fourth-order valence-corrected chi connectivity index (χ4v) is 11.1. The summed E-state index contributed by atoms with van der Waals surface area (Å²) >= 11 is 1.64. The molecule has 72 heavy (non-hydrogen) atoms. The van der Waals surface area contributed by atoms with Gasteiger partial charge in [-0.15, -0.1) is 11.8 Å². The number of hydrogen-bond acceptors (Lipinski definition) is 15. The Morgan fingerprint density at radius 3 is 1.62 bits per heavy atom. The van der Waals surface area contributed by atoms with Crippen LogP contribution in [-0.4, -0.2) is 103 Å². The number of carbonyl (C=O) groups excluding carboxylic acids is 1. The van der Waals surface area contributed by atoms with E-state index in [1.165, 1.54) is 24.3 Å². The number of rotatable bonds is 16. The van der Waals surface area contributed by atoms with Crippen LogP contribution in [0.1, 0.15) is 141 Å². The Kier molecular flexibility index (Phi) is 17.0. The quantitative estimate of drug-likeness (QED) is 0.0664. The molecule has 16 nitrogen and oxygen atoms in total. The van der Waals surface area contributed by atoms with Gasteiger partial charge in [0.1, 0.15) is 35.5 Å². The molecule has 8 heterocycles. The van der Waals surface area contributed by atoms with Gasteiger partial charge in [-0.1, -0.05) is 17.2 Å². The number of aromatic nitrogens is 6. The molecule has 0 spiro atoms. The van der Waals surface area contributed by atoms with E-state index in [-0.39, 0.29) is 53.6 Å². The van der Waals surface area contributed by atoms with Gasteiger partial charge >= 0.3 is 5.97 Å². The average Bonchev–Trinajstić information content (AvgIpc) is 4.00. The largest absolute Gasteiger partial charge is 0.438 e. The molecule has 4 aromatic heterocycles. The molecule has 2 atom stereocenters. The number of piperidine rings is 2. The van der Waals surface area contributed by atoms with Gasteiger partial charge in [0.25, 0.3) is 11.1 Å². The van der Waals surface area contributed by atoms with Gasteiger partial charge in [-0.05, 0) is 141 Å². The second-order valence-corrected chi connectivity index (χ2v) is 20.3. The number of halogens is 2. The van der Waals surface area contributed by atoms with Crippen molar-refractivity contribution in [3.8, 4) is 0 Å². The molecule has 2 unspecified atom stereocenters. The summed E-state index contributed by atoms with van der Waals surface area (Å²) < 4.78 is 58.1. The van der Waals surface area contributed by atoms with Crippen LogP contribution in [0, 0.1) is 25.5 Å². The first-order chi connectivity index (χ1) is 35.0. The van der Waals surface area contributed by atoms with Gasteiger partial charge in [-0.25, -0.2) is 18.7 Å². The zero-order valence-corrected chi connectivity index (χ0v) is 42.7. The minimum atomic E-state index is -0.359. The number of nitrogens with zero attached hydrogens (tertiary/aromatic N) is 8. The first-order valence-corrected chi connectivity index (χ1v) is 27.0. The number of ether oxygens (including phenoxy) is 3. The summed E-state index contributed by atoms with van der Waals surface area (Å²) in [4.78, 5) is 52.7. The Morgan fingerprint density at radius 1 is 0.694 bits per heavy atom. The van der Waals surface area contributed by atoms with Crippen molar-refractivity contribution >= 4 is 39.7 Å². The minimum absolute atomic E-state index is 0.0000344. The predicted octanol–water partition coefficient (Wildman–Crippen LogP) is 8.83. The number of thioether (sulfide) groups is 1. The molecule has 386 valence electrons. The van der Waals surface area contributed by atoms with Crippen molar-refractivity contribution in [2.24, 2.45) is 0 Å². The molecule has 0 bridgehead atoms. The molecule has 0 aliphatic carbocycles. The molecular formula is C53H66F2N8O8S. The predicted molar refractivity (Wildman–Crippen MR) is 269 cm³/mol. The molecule has 2 aromatic carbocycles. The van der Waals surface area contributed by atoms with Crippen molar-refractivity contribution in [3.05, 3.63) is 114 Å². The van der Waals surface area contributed by atoms with E-state index in [4.69, 9.17) is 33.2 Å². The zero-order chi connectivity index (χ0) is 50.3. The summed E-state index contributed by atoms with van der Waals surface area (Å²) in [5.41, 5.74) is 6.05. The van der Waals surface area contributed by atoms with E-state index in [2.05, 4.69) is 20.1 Å². The Labute approximate surface area is 421 Å². The molecule has 0 radical (unpaired) electrons. The normalized spacial score (nSPS) is 19.0. The molecule has 19 heteroatoms. The molecule has 0 saturated carbocycles. The average molecular weight is 1010 g/mol. The lowest BCUT2D eigenvalue weighted by molar-refractivity contribution is -0.162. The Morgan fingerprint density at radius 2 is 1.17 bits per heavy atom. The van der Waals surface area contributed by atoms with Crippen LogP contribution in [0.5, 0.6) is 0 Å². The van der Waals surface area contributed by atoms with Gasteiger partial charge in [0.2, 0.25) is 0 Å². The standard InChI is InChI=1S/C28H35FN4O5.C25H31FN4O3S/c1-3-5-25(34)37-17-36-23-6-4-12-33-27(23)30-18(2)21(28(33)35)11-15-32-13-9-19(10-14-32)26-22-8-7-20(29)16-24(22)38-31-26;1-16-19(25(31)30-10-3-4-21(24(30)27-16)32-15-34-2)9-13-29-11-7-17(8-12-29)23-20-6-5-18(26)14-22(20)33-28-23/h7-8,16,19,23H,3-6,9-15,17H2,1-2H3;5-6,14,17,21H,3-4,7-13,15H2,1-2H3. The topological polar surface area (TPSA) is 173 Å². The highest BCUT2D eigenvalue weighted by atomic mass is 32.2. The van der Waals surface area contributed by atoms with Gasteiger partial charge < -0.3 is 33.1 Å². The smallest absolute Gasteiger partial charge is 0.307 e. The third-order valence-corrected chi connectivity index (χ3v) is 15.2. The molecular weight excluding hydrogens is 947 g/mol. The third kappa shape index (κ3) is 11.7. The fourth-order valence-electron chi connectivity index (χ4n) is 10.8. The molecule has 6 aromatic rings. The van der Waals surface area contributed by atoms with Crippen molar-refractivity contribution in [2.45, 2.75) is 135 Å². The summed E-state index contributed by atoms with van der Waals surface area (Å²) in [7, 11) is 0. The third-order valence-electron chi connectivity index (χ3n) is 14.8. The van der Waals surface area contributed by atoms with Crippen molar-refractivity contribution in [1.82, 2.24) is 39.2 Å². The number of fused-ring (bicyclic) bond motifs is 4. The number of benzene rings is 2. The minimum Gasteiger partial charge on any atom is -0.438 e. The van der Waals surface area contributed by atoms with Crippen molar-refractivity contribution < 1.29 is 36.8 Å². The Hall–Kier alpha value is -5.34. The molecule has 4 aliphatic heterocycles. The van der Waals surface area contributed by atoms with Crippen molar-refractivity contribution in [2.75, 3.05) is 58.3 Å². The second kappa shape index (κ2) is 23.7. The first-order valence-electron chi connectivity index (χ1n) is 25.6. The monoisotopic (exact) mass is 1010 g/mol. The Bertz CT molecular complexity index is 2960. The summed E-state index contributed by atoms with van der Waals surface area (Å²) in [5, 5.41) is 10.3. The van der Waals surface area contributed by atoms with Crippen LogP contribution in [-0.2, 0) is 44.9 Å². The molecule has 2 saturated heterocycles. The highest BCUT2D eigenvalue weighted by Crippen LogP contribution is 2.35. The van der Waals surface area contributed by atoms with Crippen LogP contribution < -0.4 is 11.1 Å². The SMILES string of the molecule is CCCC(=O)OCOC1CCCn2c1nc(C)c(CCN1CCC(c3noc4cc(F)ccc34)CC1)c2=O.CSCOC1CCCn2c1nc(C)c(CCN1CCC(c3noc4cc(F)ccc34)CC1)c2=O. The zero-order valence-electron chi connectivity index (χ0n) is 41.8. The van der Waals surface area contributed by atoms with Gasteiger partial charge in [0.15, 0.2) is 18.0 Å². The maximum Gasteiger partial charge on any atom is 0.307 e. The lowest BCUT2D eigenvalue weighted by atomic mass is 9.91. The number of hydrogen-bond donors (Lipinski definition) is 0. The van der Waals surface area contributed by atoms with Crippen molar-refractivity contribution in [3.63, 3.8) is 0 Å². The molecule has 2 fully saturated rings. The summed E-state index contributed by atoms with van der Waals surface area (Å²) in [6.45, 7) is 12.2. The van der Waals surface area contributed by atoms with E-state index in [0.717, 1.165) is 148 Å². The lowest BCUT2D eigenvalue weighted by Crippen LogP contribution is -2.38. The highest BCUT2D eigenvalue weighted by molar-refractivity contribution is 7.98. The van der Waals surface area contributed by atoms with E-state index in [1.807, 2.05) is 31.6 Å². The van der Waals surface area contributed by atoms with Crippen LogP contribution in [0.15, 0.2) is 55.0 Å².